The van der Waals surface area contributed by atoms with Crippen molar-refractivity contribution in [2.45, 2.75) is 32.4 Å². The molecule has 2 aromatic carbocycles. The molecule has 228 valence electrons. The van der Waals surface area contributed by atoms with Gasteiger partial charge in [-0.05, 0) is 30.3 Å². The number of rotatable bonds is 12. The fraction of sp³-hybridized carbons (Fsp3) is 0.321. The molecule has 0 aliphatic carbocycles. The Morgan fingerprint density at radius 2 is 1.91 bits per heavy atom. The van der Waals surface area contributed by atoms with E-state index in [1.807, 2.05) is 0 Å². The third-order valence-electron chi connectivity index (χ3n) is 6.55. The Kier molecular flexibility index (Phi) is 9.25. The molecule has 0 spiro atoms. The zero-order valence-electron chi connectivity index (χ0n) is 24.3. The summed E-state index contributed by atoms with van der Waals surface area (Å²) in [5.41, 5.74) is -0.534. The fourth-order valence-corrected chi connectivity index (χ4v) is 5.01. The maximum atomic E-state index is 14.7. The number of nitro benzene ring substituents is 1. The van der Waals surface area contributed by atoms with Gasteiger partial charge in [-0.15, -0.1) is 0 Å². The molecule has 0 atom stereocenters. The third kappa shape index (κ3) is 7.06. The zero-order chi connectivity index (χ0) is 31.5. The lowest BCUT2D eigenvalue weighted by atomic mass is 10.0. The molecule has 43 heavy (non-hydrogen) atoms. The topological polar surface area (TPSA) is 140 Å². The number of aromatic nitrogens is 3. The average Bonchev–Trinajstić information content (AvgIpc) is 3.36. The summed E-state index contributed by atoms with van der Waals surface area (Å²) in [5.74, 6) is -3.55. The maximum absolute atomic E-state index is 14.7. The molecule has 4 aromatic rings. The van der Waals surface area contributed by atoms with Crippen molar-refractivity contribution >= 4 is 36.3 Å². The van der Waals surface area contributed by atoms with Gasteiger partial charge in [0, 0.05) is 50.5 Å². The van der Waals surface area contributed by atoms with Crippen molar-refractivity contribution in [3.63, 3.8) is 0 Å². The van der Waals surface area contributed by atoms with Crippen LogP contribution in [0.25, 0.3) is 22.0 Å². The smallest absolute Gasteiger partial charge is 0.335 e. The number of ether oxygens (including phenoxy) is 3. The Morgan fingerprint density at radius 1 is 1.16 bits per heavy atom. The molecule has 15 heteroatoms. The van der Waals surface area contributed by atoms with Crippen LogP contribution in [0.5, 0.6) is 11.5 Å². The predicted molar refractivity (Wildman–Crippen MR) is 158 cm³/mol. The largest absolute Gasteiger partial charge is 0.468 e. The molecule has 0 aliphatic heterocycles. The van der Waals surface area contributed by atoms with Crippen molar-refractivity contribution in [1.82, 2.24) is 14.3 Å². The van der Waals surface area contributed by atoms with Gasteiger partial charge >= 0.3 is 11.7 Å². The van der Waals surface area contributed by atoms with E-state index in [1.54, 1.807) is 0 Å². The fourth-order valence-electron chi connectivity index (χ4n) is 4.26. The molecule has 0 saturated heterocycles. The van der Waals surface area contributed by atoms with Crippen molar-refractivity contribution in [2.75, 3.05) is 25.6 Å². The van der Waals surface area contributed by atoms with E-state index in [1.165, 1.54) is 40.8 Å². The number of fused-ring (bicyclic) bond motifs is 1. The van der Waals surface area contributed by atoms with E-state index in [0.717, 1.165) is 25.3 Å². The Morgan fingerprint density at radius 3 is 2.56 bits per heavy atom. The third-order valence-corrected chi connectivity index (χ3v) is 8.25. The van der Waals surface area contributed by atoms with Crippen molar-refractivity contribution in [3.8, 4) is 22.6 Å². The summed E-state index contributed by atoms with van der Waals surface area (Å²) in [5, 5.41) is 19.7. The highest BCUT2D eigenvalue weighted by molar-refractivity contribution is 6.76. The number of halogens is 2. The quantitative estimate of drug-likeness (QED) is 0.0741. The molecule has 12 nitrogen and oxygen atoms in total. The van der Waals surface area contributed by atoms with Crippen molar-refractivity contribution in [2.24, 2.45) is 7.05 Å². The summed E-state index contributed by atoms with van der Waals surface area (Å²) in [4.78, 5) is 36.6. The highest BCUT2D eigenvalue weighted by atomic mass is 28.3. The van der Waals surface area contributed by atoms with Gasteiger partial charge in [0.2, 0.25) is 5.75 Å². The van der Waals surface area contributed by atoms with Crippen LogP contribution in [0.1, 0.15) is 0 Å². The number of carbonyl (C=O) groups excluding carboxylic acids is 1. The van der Waals surface area contributed by atoms with E-state index in [2.05, 4.69) is 34.8 Å². The minimum Gasteiger partial charge on any atom is -0.468 e. The minimum atomic E-state index is -1.35. The van der Waals surface area contributed by atoms with Crippen molar-refractivity contribution < 1.29 is 32.7 Å². The van der Waals surface area contributed by atoms with Crippen LogP contribution in [0, 0.1) is 21.7 Å². The van der Waals surface area contributed by atoms with Crippen LogP contribution in [0.3, 0.4) is 0 Å². The normalized spacial score (nSPS) is 11.5. The van der Waals surface area contributed by atoms with Gasteiger partial charge in [0.25, 0.3) is 5.56 Å². The molecule has 1 N–H and O–H groups in total. The lowest BCUT2D eigenvalue weighted by Gasteiger charge is -2.17. The van der Waals surface area contributed by atoms with E-state index in [0.29, 0.717) is 23.6 Å². The first-order valence-electron chi connectivity index (χ1n) is 13.2. The molecular formula is C28H31F2N5O7Si. The Balaban J connectivity index is 1.90. The van der Waals surface area contributed by atoms with E-state index in [4.69, 9.17) is 9.47 Å². The second-order valence-electron chi connectivity index (χ2n) is 10.9. The summed E-state index contributed by atoms with van der Waals surface area (Å²) in [6.45, 7) is 6.74. The van der Waals surface area contributed by atoms with Gasteiger partial charge in [-0.1, -0.05) is 19.6 Å². The number of carbonyl (C=O) groups is 1. The molecule has 2 heterocycles. The zero-order valence-corrected chi connectivity index (χ0v) is 25.3. The first-order valence-corrected chi connectivity index (χ1v) is 16.9. The lowest BCUT2D eigenvalue weighted by molar-refractivity contribution is -0.384. The number of methoxy groups -OCH3 is 1. The predicted octanol–water partition coefficient (Wildman–Crippen LogP) is 5.28. The minimum absolute atomic E-state index is 0.00730. The number of hydrogen-bond acceptors (Lipinski definition) is 9. The standard InChI is InChI=1S/C28H31F2N5O7Si/c1-33-15-20(19-13-32-34(25(19)28(33)37)16-41-10-11-43(3,4)5)18-7-8-22(31-14-24(36)40-2)26(35(38)39)27(18)42-23-9-6-17(29)12-21(23)30/h6-9,12-13,15,31H,10-11,14,16H2,1-5H3. The number of benzene rings is 2. The van der Waals surface area contributed by atoms with Crippen LogP contribution in [-0.4, -0.2) is 53.6 Å². The first kappa shape index (κ1) is 31.3. The van der Waals surface area contributed by atoms with Gasteiger partial charge in [-0.25, -0.2) is 13.5 Å². The summed E-state index contributed by atoms with van der Waals surface area (Å²) < 4.78 is 47.2. The number of hydrogen-bond donors (Lipinski definition) is 1. The molecule has 2 aromatic heterocycles. The number of anilines is 1. The van der Waals surface area contributed by atoms with Gasteiger partial charge < -0.3 is 24.1 Å². The van der Waals surface area contributed by atoms with E-state index < -0.39 is 54.3 Å². The van der Waals surface area contributed by atoms with Crippen molar-refractivity contribution in [1.29, 1.82) is 0 Å². The number of nitrogens with zero attached hydrogens (tertiary/aromatic N) is 4. The number of aryl methyl sites for hydroxylation is 1. The van der Waals surface area contributed by atoms with Crippen LogP contribution < -0.4 is 15.6 Å². The van der Waals surface area contributed by atoms with Gasteiger partial charge in [-0.3, -0.25) is 19.7 Å². The average molecular weight is 616 g/mol. The Bertz CT molecular complexity index is 1750. The number of nitro groups is 1. The van der Waals surface area contributed by atoms with Gasteiger partial charge in [0.15, 0.2) is 11.6 Å². The van der Waals surface area contributed by atoms with Crippen molar-refractivity contribution in [3.05, 3.63) is 74.8 Å². The van der Waals surface area contributed by atoms with Crippen LogP contribution in [0.2, 0.25) is 25.7 Å². The van der Waals surface area contributed by atoms with Crippen LogP contribution in [0.15, 0.2) is 47.5 Å². The van der Waals surface area contributed by atoms with E-state index in [9.17, 15) is 28.5 Å². The molecule has 0 saturated carbocycles. The van der Waals surface area contributed by atoms with Gasteiger partial charge in [-0.2, -0.15) is 5.10 Å². The molecule has 4 rings (SSSR count). The number of pyridine rings is 1. The Labute approximate surface area is 245 Å². The molecule has 0 aliphatic rings. The summed E-state index contributed by atoms with van der Waals surface area (Å²) in [6.07, 6.45) is 2.89. The van der Waals surface area contributed by atoms with Crippen LogP contribution >= 0.6 is 0 Å². The molecule has 0 radical (unpaired) electrons. The van der Waals surface area contributed by atoms with Gasteiger partial charge in [0.05, 0.1) is 18.2 Å². The lowest BCUT2D eigenvalue weighted by Crippen LogP contribution is -2.23. The second kappa shape index (κ2) is 12.7. The molecule has 0 fully saturated rings. The maximum Gasteiger partial charge on any atom is 0.335 e. The van der Waals surface area contributed by atoms with Crippen LogP contribution in [0.4, 0.5) is 20.2 Å². The summed E-state index contributed by atoms with van der Waals surface area (Å²) in [6, 6.07) is 6.25. The number of nitrogens with one attached hydrogen (secondary N) is 1. The molecule has 0 amide bonds. The Hall–Kier alpha value is -4.63. The van der Waals surface area contributed by atoms with Crippen LogP contribution in [-0.2, 0) is 28.0 Å². The van der Waals surface area contributed by atoms with Gasteiger partial charge in [0.1, 0.15) is 30.3 Å². The molecule has 0 bridgehead atoms. The molecular weight excluding hydrogens is 584 g/mol. The summed E-state index contributed by atoms with van der Waals surface area (Å²) >= 11 is 0. The summed E-state index contributed by atoms with van der Waals surface area (Å²) in [7, 11) is 1.32. The SMILES string of the molecule is COC(=O)CNc1ccc(-c2cn(C)c(=O)c3c2cnn3COCC[Si](C)(C)C)c(Oc2ccc(F)cc2F)c1[N+](=O)[O-]. The second-order valence-corrected chi connectivity index (χ2v) is 16.5. The van der Waals surface area contributed by atoms with E-state index >= 15 is 0 Å². The highest BCUT2D eigenvalue weighted by Crippen LogP contribution is 2.46. The monoisotopic (exact) mass is 615 g/mol. The molecule has 0 unspecified atom stereocenters. The first-order chi connectivity index (χ1) is 20.3. The highest BCUT2D eigenvalue weighted by Gasteiger charge is 2.29. The van der Waals surface area contributed by atoms with E-state index in [-0.39, 0.29) is 29.1 Å². The number of esters is 1.